The highest BCUT2D eigenvalue weighted by molar-refractivity contribution is 7.21. The number of methoxy groups -OCH3 is 4. The summed E-state index contributed by atoms with van der Waals surface area (Å²) in [6, 6.07) is 21.8. The van der Waals surface area contributed by atoms with Crippen LogP contribution in [0.4, 0.5) is 5.69 Å². The number of hydrogen-bond donors (Lipinski definition) is 1. The molecule has 8 rings (SSSR count). The van der Waals surface area contributed by atoms with Crippen molar-refractivity contribution in [2.24, 2.45) is 11.8 Å². The zero-order valence-corrected chi connectivity index (χ0v) is 27.0. The highest BCUT2D eigenvalue weighted by atomic mass is 32.1. The maximum atomic E-state index is 13.6. The SMILES string of the molecule is COc1ccc2sc(-c3ccc(N[C@@H]4c5cc6c(cc5[C@@H](c5cc(OC)c(OC)c(OC)c5)[C@H]5C(=O)OC[C@@H]54)OCO6)cc3)nc2c1. The van der Waals surface area contributed by atoms with Gasteiger partial charge in [-0.2, -0.15) is 0 Å². The van der Waals surface area contributed by atoms with Gasteiger partial charge in [0.2, 0.25) is 12.5 Å². The van der Waals surface area contributed by atoms with Gasteiger partial charge in [0, 0.05) is 29.2 Å². The Balaban J connectivity index is 1.19. The van der Waals surface area contributed by atoms with Gasteiger partial charge in [0.1, 0.15) is 10.8 Å². The van der Waals surface area contributed by atoms with Gasteiger partial charge in [0.05, 0.1) is 57.2 Å². The number of rotatable bonds is 8. The Morgan fingerprint density at radius 1 is 0.809 bits per heavy atom. The first-order chi connectivity index (χ1) is 23.0. The van der Waals surface area contributed by atoms with Crippen LogP contribution in [0.25, 0.3) is 20.8 Å². The second-order valence-corrected chi connectivity index (χ2v) is 12.7. The summed E-state index contributed by atoms with van der Waals surface area (Å²) in [5.41, 5.74) is 5.64. The molecular formula is C36H32N2O8S. The summed E-state index contributed by atoms with van der Waals surface area (Å²) < 4.78 is 40.9. The maximum Gasteiger partial charge on any atom is 0.310 e. The molecular weight excluding hydrogens is 620 g/mol. The van der Waals surface area contributed by atoms with Crippen molar-refractivity contribution in [3.63, 3.8) is 0 Å². The maximum absolute atomic E-state index is 13.6. The van der Waals surface area contributed by atoms with Crippen molar-refractivity contribution in [2.45, 2.75) is 12.0 Å². The first-order valence-electron chi connectivity index (χ1n) is 15.2. The number of benzene rings is 4. The smallest absolute Gasteiger partial charge is 0.310 e. The molecule has 47 heavy (non-hydrogen) atoms. The third-order valence-electron chi connectivity index (χ3n) is 9.28. The Labute approximate surface area is 275 Å². The van der Waals surface area contributed by atoms with Crippen molar-refractivity contribution in [3.8, 4) is 45.1 Å². The summed E-state index contributed by atoms with van der Waals surface area (Å²) in [5, 5.41) is 4.67. The van der Waals surface area contributed by atoms with Crippen LogP contribution in [0.2, 0.25) is 0 Å². The molecule has 240 valence electrons. The molecule has 0 unspecified atom stereocenters. The topological polar surface area (TPSA) is 107 Å². The predicted molar refractivity (Wildman–Crippen MR) is 176 cm³/mol. The third kappa shape index (κ3) is 4.84. The second-order valence-electron chi connectivity index (χ2n) is 11.6. The average Bonchev–Trinajstić information content (AvgIpc) is 3.85. The standard InChI is InChI=1S/C36H32N2O8S/c1-40-21-9-10-30-25(13-21)38-35(47-30)18-5-7-20(8-6-18)37-33-23-15-27-26(45-17-46-27)14-22(23)31(32-24(33)16-44-36(32)39)19-11-28(41-2)34(43-4)29(12-19)42-3/h5-15,24,31-33,37H,16-17H2,1-4H3/t24-,31+,32-,33+/m0/s1. The molecule has 1 fully saturated rings. The summed E-state index contributed by atoms with van der Waals surface area (Å²) in [6.45, 7) is 0.420. The highest BCUT2D eigenvalue weighted by Gasteiger charge is 2.52. The lowest BCUT2D eigenvalue weighted by molar-refractivity contribution is -0.141. The van der Waals surface area contributed by atoms with Gasteiger partial charge in [-0.25, -0.2) is 4.98 Å². The largest absolute Gasteiger partial charge is 0.497 e. The average molecular weight is 653 g/mol. The van der Waals surface area contributed by atoms with Gasteiger partial charge in [-0.05, 0) is 77.4 Å². The molecule has 4 aromatic carbocycles. The van der Waals surface area contributed by atoms with E-state index in [9.17, 15) is 4.79 Å². The summed E-state index contributed by atoms with van der Waals surface area (Å²) in [6.07, 6.45) is 0. The first kappa shape index (κ1) is 29.3. The van der Waals surface area contributed by atoms with Crippen molar-refractivity contribution in [2.75, 3.05) is 47.2 Å². The zero-order chi connectivity index (χ0) is 32.2. The van der Waals surface area contributed by atoms with Crippen molar-refractivity contribution < 1.29 is 38.0 Å². The summed E-state index contributed by atoms with van der Waals surface area (Å²) in [5.74, 6) is 2.37. The van der Waals surface area contributed by atoms with E-state index >= 15 is 0 Å². The number of nitrogens with one attached hydrogen (secondary N) is 1. The number of hydrogen-bond acceptors (Lipinski definition) is 11. The number of anilines is 1. The lowest BCUT2D eigenvalue weighted by atomic mass is 9.65. The van der Waals surface area contributed by atoms with Gasteiger partial charge >= 0.3 is 5.97 Å². The van der Waals surface area contributed by atoms with E-state index in [0.29, 0.717) is 28.7 Å². The lowest BCUT2D eigenvalue weighted by Gasteiger charge is -2.40. The quantitative estimate of drug-likeness (QED) is 0.180. The van der Waals surface area contributed by atoms with Crippen molar-refractivity contribution in [3.05, 3.63) is 83.4 Å². The molecule has 3 aliphatic rings. The Morgan fingerprint density at radius 3 is 2.21 bits per heavy atom. The Bertz CT molecular complexity index is 1980. The Kier molecular flexibility index (Phi) is 7.20. The molecule has 5 aromatic rings. The fraction of sp³-hybridized carbons (Fsp3) is 0.278. The molecule has 10 nitrogen and oxygen atoms in total. The molecule has 0 bridgehead atoms. The van der Waals surface area contributed by atoms with Gasteiger partial charge in [-0.15, -0.1) is 11.3 Å². The predicted octanol–water partition coefficient (Wildman–Crippen LogP) is 6.81. The Morgan fingerprint density at radius 2 is 1.53 bits per heavy atom. The number of ether oxygens (including phenoxy) is 7. The van der Waals surface area contributed by atoms with E-state index in [4.69, 9.17) is 38.1 Å². The minimum Gasteiger partial charge on any atom is -0.497 e. The number of fused-ring (bicyclic) bond motifs is 4. The van der Waals surface area contributed by atoms with Crippen molar-refractivity contribution in [1.82, 2.24) is 4.98 Å². The summed E-state index contributed by atoms with van der Waals surface area (Å²) >= 11 is 1.64. The molecule has 0 saturated carbocycles. The second kappa shape index (κ2) is 11.6. The molecule has 4 atom stereocenters. The summed E-state index contributed by atoms with van der Waals surface area (Å²) in [4.78, 5) is 18.4. The Hall–Kier alpha value is -5.16. The fourth-order valence-electron chi connectivity index (χ4n) is 7.07. The van der Waals surface area contributed by atoms with Crippen LogP contribution in [0.1, 0.15) is 28.7 Å². The van der Waals surface area contributed by atoms with Crippen LogP contribution in [0.5, 0.6) is 34.5 Å². The van der Waals surface area contributed by atoms with Gasteiger partial charge in [-0.1, -0.05) is 0 Å². The molecule has 1 saturated heterocycles. The molecule has 11 heteroatoms. The van der Waals surface area contributed by atoms with Crippen LogP contribution < -0.4 is 33.7 Å². The fourth-order valence-corrected chi connectivity index (χ4v) is 8.03. The minimum atomic E-state index is -0.470. The third-order valence-corrected chi connectivity index (χ3v) is 10.4. The number of carbonyl (C=O) groups is 1. The van der Waals surface area contributed by atoms with Crippen LogP contribution in [0.3, 0.4) is 0 Å². The number of aromatic nitrogens is 1. The molecule has 0 radical (unpaired) electrons. The van der Waals surface area contributed by atoms with E-state index in [1.165, 1.54) is 0 Å². The molecule has 0 amide bonds. The van der Waals surface area contributed by atoms with Gasteiger partial charge in [0.15, 0.2) is 23.0 Å². The number of esters is 1. The molecule has 1 aliphatic carbocycles. The van der Waals surface area contributed by atoms with E-state index in [-0.39, 0.29) is 37.2 Å². The van der Waals surface area contributed by atoms with E-state index in [2.05, 4.69) is 17.4 Å². The first-order valence-corrected chi connectivity index (χ1v) is 16.0. The number of thiazole rings is 1. The normalized spacial score (nSPS) is 20.7. The van der Waals surface area contributed by atoms with Gasteiger partial charge in [0.25, 0.3) is 0 Å². The molecule has 2 aliphatic heterocycles. The van der Waals surface area contributed by atoms with E-state index < -0.39 is 5.92 Å². The van der Waals surface area contributed by atoms with Crippen molar-refractivity contribution in [1.29, 1.82) is 0 Å². The molecule has 3 heterocycles. The number of cyclic esters (lactones) is 1. The highest BCUT2D eigenvalue weighted by Crippen LogP contribution is 2.56. The van der Waals surface area contributed by atoms with Gasteiger partial charge in [-0.3, -0.25) is 4.79 Å². The minimum absolute atomic E-state index is 0.139. The molecule has 0 spiro atoms. The molecule has 1 aromatic heterocycles. The number of carbonyl (C=O) groups excluding carboxylic acids is 1. The lowest BCUT2D eigenvalue weighted by Crippen LogP contribution is -2.37. The summed E-state index contributed by atoms with van der Waals surface area (Å²) in [7, 11) is 6.39. The van der Waals surface area contributed by atoms with E-state index in [1.807, 2.05) is 54.6 Å². The van der Waals surface area contributed by atoms with E-state index in [1.54, 1.807) is 39.8 Å². The number of nitrogens with zero attached hydrogens (tertiary/aromatic N) is 1. The van der Waals surface area contributed by atoms with Crippen molar-refractivity contribution >= 4 is 33.2 Å². The van der Waals surface area contributed by atoms with Crippen LogP contribution in [0, 0.1) is 11.8 Å². The monoisotopic (exact) mass is 652 g/mol. The zero-order valence-electron chi connectivity index (χ0n) is 26.2. The molecule has 1 N–H and O–H groups in total. The van der Waals surface area contributed by atoms with Crippen LogP contribution in [-0.2, 0) is 9.53 Å². The van der Waals surface area contributed by atoms with Crippen LogP contribution >= 0.6 is 11.3 Å². The van der Waals surface area contributed by atoms with Gasteiger partial charge < -0.3 is 38.5 Å². The van der Waals surface area contributed by atoms with Crippen LogP contribution in [0.15, 0.2) is 66.7 Å². The van der Waals surface area contributed by atoms with E-state index in [0.717, 1.165) is 48.9 Å². The van der Waals surface area contributed by atoms with Crippen LogP contribution in [-0.4, -0.2) is 52.8 Å².